The Bertz CT molecular complexity index is 811. The van der Waals surface area contributed by atoms with E-state index in [1.54, 1.807) is 17.4 Å². The van der Waals surface area contributed by atoms with Gasteiger partial charge in [-0.25, -0.2) is 0 Å². The number of benzene rings is 1. The number of nitrogens with one attached hydrogen (secondary N) is 1. The summed E-state index contributed by atoms with van der Waals surface area (Å²) in [6, 6.07) is 13.2. The number of aromatic amines is 1. The second-order valence-corrected chi connectivity index (χ2v) is 5.53. The number of fused-ring (bicyclic) bond motifs is 1. The standard InChI is InChI=1S/C17H16N4O2/c1-20-15-7-3-2-6-13(15)17(22)21(11-12-5-4-10-23-12)16(20)14-8-9-18-19-14/h2-10,16H,11H2,1H3,(H,18,19)/t16-/m1/s1. The predicted octanol–water partition coefficient (Wildman–Crippen LogP) is 2.79. The fourth-order valence-electron chi connectivity index (χ4n) is 3.08. The number of hydrogen-bond donors (Lipinski definition) is 1. The Kier molecular flexibility index (Phi) is 3.15. The van der Waals surface area contributed by atoms with Crippen LogP contribution in [0.3, 0.4) is 0 Å². The molecule has 0 fully saturated rings. The summed E-state index contributed by atoms with van der Waals surface area (Å²) in [4.78, 5) is 16.9. The van der Waals surface area contributed by atoms with Gasteiger partial charge in [-0.2, -0.15) is 5.10 Å². The lowest BCUT2D eigenvalue weighted by molar-refractivity contribution is 0.0614. The van der Waals surface area contributed by atoms with Gasteiger partial charge in [0.25, 0.3) is 5.91 Å². The molecule has 6 nitrogen and oxygen atoms in total. The number of rotatable bonds is 3. The van der Waals surface area contributed by atoms with Gasteiger partial charge in [0.05, 0.1) is 29.8 Å². The molecule has 3 aromatic rings. The fraction of sp³-hybridized carbons (Fsp3) is 0.176. The molecule has 1 aliphatic heterocycles. The Morgan fingerprint density at radius 3 is 2.83 bits per heavy atom. The van der Waals surface area contributed by atoms with Crippen molar-refractivity contribution in [2.24, 2.45) is 0 Å². The minimum Gasteiger partial charge on any atom is -0.467 e. The normalized spacial score (nSPS) is 17.4. The van der Waals surface area contributed by atoms with Gasteiger partial charge in [0.2, 0.25) is 0 Å². The van der Waals surface area contributed by atoms with Crippen LogP contribution in [0.5, 0.6) is 0 Å². The molecule has 3 heterocycles. The maximum atomic E-state index is 13.0. The predicted molar refractivity (Wildman–Crippen MR) is 84.8 cm³/mol. The van der Waals surface area contributed by atoms with Crippen molar-refractivity contribution in [3.8, 4) is 0 Å². The highest BCUT2D eigenvalue weighted by molar-refractivity contribution is 6.01. The first-order chi connectivity index (χ1) is 11.3. The van der Waals surface area contributed by atoms with Crippen LogP contribution >= 0.6 is 0 Å². The van der Waals surface area contributed by atoms with E-state index in [-0.39, 0.29) is 12.1 Å². The number of H-pyrrole nitrogens is 1. The van der Waals surface area contributed by atoms with Crippen molar-refractivity contribution in [3.63, 3.8) is 0 Å². The minimum absolute atomic E-state index is 0.0188. The number of aromatic nitrogens is 2. The monoisotopic (exact) mass is 308 g/mol. The van der Waals surface area contributed by atoms with Gasteiger partial charge in [-0.3, -0.25) is 9.89 Å². The molecule has 0 saturated heterocycles. The van der Waals surface area contributed by atoms with Crippen LogP contribution in [-0.2, 0) is 6.54 Å². The number of carbonyl (C=O) groups excluding carboxylic acids is 1. The molecule has 116 valence electrons. The zero-order valence-electron chi connectivity index (χ0n) is 12.6. The molecule has 1 aromatic carbocycles. The Morgan fingerprint density at radius 1 is 1.22 bits per heavy atom. The van der Waals surface area contributed by atoms with Gasteiger partial charge in [-0.1, -0.05) is 12.1 Å². The Hall–Kier alpha value is -3.02. The van der Waals surface area contributed by atoms with Crippen molar-refractivity contribution < 1.29 is 9.21 Å². The SMILES string of the molecule is CN1c2ccccc2C(=O)N(Cc2ccco2)[C@@H]1c1ccn[nH]1. The van der Waals surface area contributed by atoms with Crippen LogP contribution in [0.1, 0.15) is 28.0 Å². The highest BCUT2D eigenvalue weighted by Crippen LogP contribution is 2.37. The zero-order valence-corrected chi connectivity index (χ0v) is 12.6. The molecule has 6 heteroatoms. The zero-order chi connectivity index (χ0) is 15.8. The summed E-state index contributed by atoms with van der Waals surface area (Å²) in [7, 11) is 1.98. The van der Waals surface area contributed by atoms with E-state index in [0.29, 0.717) is 12.1 Å². The van der Waals surface area contributed by atoms with E-state index in [9.17, 15) is 4.79 Å². The van der Waals surface area contributed by atoms with Crippen molar-refractivity contribution >= 4 is 11.6 Å². The van der Waals surface area contributed by atoms with E-state index in [0.717, 1.165) is 17.1 Å². The third-order valence-corrected chi connectivity index (χ3v) is 4.14. The van der Waals surface area contributed by atoms with Crippen LogP contribution in [0.25, 0.3) is 0 Å². The average Bonchev–Trinajstić information content (AvgIpc) is 3.26. The highest BCUT2D eigenvalue weighted by atomic mass is 16.3. The van der Waals surface area contributed by atoms with Crippen LogP contribution in [0.4, 0.5) is 5.69 Å². The lowest BCUT2D eigenvalue weighted by Gasteiger charge is -2.42. The second kappa shape index (κ2) is 5.31. The van der Waals surface area contributed by atoms with Crippen LogP contribution < -0.4 is 4.90 Å². The van der Waals surface area contributed by atoms with E-state index in [4.69, 9.17) is 4.42 Å². The van der Waals surface area contributed by atoms with Gasteiger partial charge in [-0.05, 0) is 30.3 Å². The number of carbonyl (C=O) groups is 1. The lowest BCUT2D eigenvalue weighted by Crippen LogP contribution is -2.47. The first-order valence-electron chi connectivity index (χ1n) is 7.40. The maximum Gasteiger partial charge on any atom is 0.258 e. The summed E-state index contributed by atoms with van der Waals surface area (Å²) >= 11 is 0. The molecule has 1 atom stereocenters. The quantitative estimate of drug-likeness (QED) is 0.808. The van der Waals surface area contributed by atoms with Gasteiger partial charge >= 0.3 is 0 Å². The van der Waals surface area contributed by atoms with Gasteiger partial charge in [0.1, 0.15) is 11.9 Å². The molecule has 4 rings (SSSR count). The first-order valence-corrected chi connectivity index (χ1v) is 7.40. The molecule has 1 amide bonds. The Labute approximate surface area is 133 Å². The third-order valence-electron chi connectivity index (χ3n) is 4.14. The summed E-state index contributed by atoms with van der Waals surface area (Å²) in [5.41, 5.74) is 2.46. The van der Waals surface area contributed by atoms with Crippen molar-refractivity contribution in [3.05, 3.63) is 71.9 Å². The van der Waals surface area contributed by atoms with Crippen LogP contribution in [-0.4, -0.2) is 28.1 Å². The molecule has 0 unspecified atom stereocenters. The Balaban J connectivity index is 1.81. The van der Waals surface area contributed by atoms with Crippen molar-refractivity contribution in [1.82, 2.24) is 15.1 Å². The van der Waals surface area contributed by atoms with Crippen LogP contribution in [0.15, 0.2) is 59.3 Å². The maximum absolute atomic E-state index is 13.0. The molecule has 0 saturated carbocycles. The Morgan fingerprint density at radius 2 is 2.09 bits per heavy atom. The lowest BCUT2D eigenvalue weighted by atomic mass is 10.0. The molecule has 0 aliphatic carbocycles. The van der Waals surface area contributed by atoms with Gasteiger partial charge in [0, 0.05) is 13.2 Å². The van der Waals surface area contributed by atoms with Gasteiger partial charge in [0.15, 0.2) is 0 Å². The minimum atomic E-state index is -0.259. The molecule has 0 spiro atoms. The summed E-state index contributed by atoms with van der Waals surface area (Å²) in [5, 5.41) is 7.01. The van der Waals surface area contributed by atoms with Crippen molar-refractivity contribution in [2.45, 2.75) is 12.7 Å². The topological polar surface area (TPSA) is 65.4 Å². The van der Waals surface area contributed by atoms with Crippen molar-refractivity contribution in [1.29, 1.82) is 0 Å². The molecule has 23 heavy (non-hydrogen) atoms. The van der Waals surface area contributed by atoms with E-state index >= 15 is 0 Å². The first kappa shape index (κ1) is 13.6. The second-order valence-electron chi connectivity index (χ2n) is 5.53. The summed E-state index contributed by atoms with van der Waals surface area (Å²) in [6.45, 7) is 0.397. The molecule has 2 aromatic heterocycles. The van der Waals surface area contributed by atoms with Crippen LogP contribution in [0.2, 0.25) is 0 Å². The largest absolute Gasteiger partial charge is 0.467 e. The van der Waals surface area contributed by atoms with E-state index in [1.807, 2.05) is 49.5 Å². The number of hydrogen-bond acceptors (Lipinski definition) is 4. The number of furan rings is 1. The van der Waals surface area contributed by atoms with Gasteiger partial charge in [-0.15, -0.1) is 0 Å². The van der Waals surface area contributed by atoms with Crippen molar-refractivity contribution in [2.75, 3.05) is 11.9 Å². The third kappa shape index (κ3) is 2.19. The number of amides is 1. The molecule has 1 N–H and O–H groups in total. The molecular weight excluding hydrogens is 292 g/mol. The highest BCUT2D eigenvalue weighted by Gasteiger charge is 2.37. The van der Waals surface area contributed by atoms with E-state index < -0.39 is 0 Å². The van der Waals surface area contributed by atoms with Crippen LogP contribution in [0, 0.1) is 0 Å². The smallest absolute Gasteiger partial charge is 0.258 e. The molecular formula is C17H16N4O2. The number of anilines is 1. The molecule has 0 bridgehead atoms. The number of nitrogens with zero attached hydrogens (tertiary/aromatic N) is 3. The average molecular weight is 308 g/mol. The van der Waals surface area contributed by atoms with E-state index in [2.05, 4.69) is 15.1 Å². The summed E-state index contributed by atoms with van der Waals surface area (Å²) in [5.74, 6) is 0.727. The molecule has 1 aliphatic rings. The van der Waals surface area contributed by atoms with E-state index in [1.165, 1.54) is 0 Å². The molecule has 0 radical (unpaired) electrons. The fourth-order valence-corrected chi connectivity index (χ4v) is 3.08. The summed E-state index contributed by atoms with van der Waals surface area (Å²) in [6.07, 6.45) is 3.05. The number of para-hydroxylation sites is 1. The van der Waals surface area contributed by atoms with Gasteiger partial charge < -0.3 is 14.2 Å². The summed E-state index contributed by atoms with van der Waals surface area (Å²) < 4.78 is 5.44.